The minimum absolute atomic E-state index is 0.0661. The molecule has 1 unspecified atom stereocenters. The average Bonchev–Trinajstić information content (AvgIpc) is 2.27. The maximum absolute atomic E-state index is 11.6. The third-order valence-corrected chi connectivity index (χ3v) is 3.60. The first kappa shape index (κ1) is 12.9. The highest BCUT2D eigenvalue weighted by atomic mass is 16.1. The molecular weight excluding hydrogens is 226 g/mol. The summed E-state index contributed by atoms with van der Waals surface area (Å²) < 4.78 is 0. The Morgan fingerprint density at radius 1 is 1.50 bits per heavy atom. The van der Waals surface area contributed by atoms with Crippen molar-refractivity contribution in [1.82, 2.24) is 10.3 Å². The zero-order chi connectivity index (χ0) is 13.0. The summed E-state index contributed by atoms with van der Waals surface area (Å²) in [5.74, 6) is 1.56. The molecule has 0 bridgehead atoms. The molecule has 0 spiro atoms. The molecule has 0 radical (unpaired) electrons. The van der Waals surface area contributed by atoms with Gasteiger partial charge in [-0.15, -0.1) is 0 Å². The van der Waals surface area contributed by atoms with Crippen LogP contribution in [0.3, 0.4) is 0 Å². The number of hydrogen-bond donors (Lipinski definition) is 2. The number of carbonyl (C=O) groups is 1. The van der Waals surface area contributed by atoms with E-state index >= 15 is 0 Å². The Labute approximate surface area is 108 Å². The average molecular weight is 247 g/mol. The van der Waals surface area contributed by atoms with Crippen molar-refractivity contribution in [2.75, 3.05) is 11.9 Å². The number of nitrogens with zero attached hydrogens (tertiary/aromatic N) is 1. The maximum atomic E-state index is 11.6. The molecule has 1 aromatic heterocycles. The second kappa shape index (κ2) is 5.85. The van der Waals surface area contributed by atoms with Gasteiger partial charge in [-0.2, -0.15) is 0 Å². The number of carbonyl (C=O) groups excluding carboxylic acids is 1. The van der Waals surface area contributed by atoms with Crippen LogP contribution in [-0.2, 0) is 0 Å². The van der Waals surface area contributed by atoms with Gasteiger partial charge in [-0.1, -0.05) is 6.42 Å². The molecule has 1 aliphatic carbocycles. The quantitative estimate of drug-likeness (QED) is 0.840. The Morgan fingerprint density at radius 2 is 2.28 bits per heavy atom. The van der Waals surface area contributed by atoms with E-state index in [9.17, 15) is 4.79 Å². The van der Waals surface area contributed by atoms with Gasteiger partial charge in [-0.25, -0.2) is 4.98 Å². The lowest BCUT2D eigenvalue weighted by atomic mass is 9.80. The highest BCUT2D eigenvalue weighted by molar-refractivity contribution is 5.93. The summed E-state index contributed by atoms with van der Waals surface area (Å²) in [5, 5.41) is 6.16. The number of aromatic nitrogens is 1. The molecule has 1 aromatic rings. The van der Waals surface area contributed by atoms with Gasteiger partial charge in [0.25, 0.3) is 5.91 Å². The molecule has 0 saturated heterocycles. The van der Waals surface area contributed by atoms with Crippen LogP contribution in [0.1, 0.15) is 43.5 Å². The van der Waals surface area contributed by atoms with Crippen LogP contribution in [0.15, 0.2) is 18.3 Å². The van der Waals surface area contributed by atoms with Crippen LogP contribution in [0.5, 0.6) is 0 Å². The number of amides is 1. The number of anilines is 1. The molecule has 2 rings (SSSR count). The van der Waals surface area contributed by atoms with Gasteiger partial charge in [-0.05, 0) is 44.7 Å². The maximum Gasteiger partial charge on any atom is 0.252 e. The highest BCUT2D eigenvalue weighted by Crippen LogP contribution is 2.30. The van der Waals surface area contributed by atoms with E-state index in [0.29, 0.717) is 18.2 Å². The van der Waals surface area contributed by atoms with Crippen molar-refractivity contribution in [3.05, 3.63) is 23.9 Å². The normalized spacial score (nSPS) is 16.8. The molecule has 1 fully saturated rings. The lowest BCUT2D eigenvalue weighted by Crippen LogP contribution is -2.31. The summed E-state index contributed by atoms with van der Waals surface area (Å²) in [5.41, 5.74) is 0.610. The van der Waals surface area contributed by atoms with Crippen molar-refractivity contribution in [3.63, 3.8) is 0 Å². The molecule has 18 heavy (non-hydrogen) atoms. The molecular formula is C14H21N3O. The summed E-state index contributed by atoms with van der Waals surface area (Å²) in [7, 11) is 0. The van der Waals surface area contributed by atoms with Crippen molar-refractivity contribution >= 4 is 11.7 Å². The van der Waals surface area contributed by atoms with Gasteiger partial charge in [0.05, 0.1) is 5.56 Å². The van der Waals surface area contributed by atoms with Crippen LogP contribution in [0.4, 0.5) is 5.82 Å². The Bertz CT molecular complexity index is 398. The van der Waals surface area contributed by atoms with E-state index in [0.717, 1.165) is 11.7 Å². The summed E-state index contributed by atoms with van der Waals surface area (Å²) in [6.07, 6.45) is 5.59. The first-order chi connectivity index (χ1) is 8.70. The van der Waals surface area contributed by atoms with Gasteiger partial charge in [0.1, 0.15) is 5.82 Å². The van der Waals surface area contributed by atoms with E-state index < -0.39 is 0 Å². The number of rotatable bonds is 5. The number of pyridine rings is 1. The minimum atomic E-state index is -0.0661. The fraction of sp³-hybridized carbons (Fsp3) is 0.571. The van der Waals surface area contributed by atoms with Crippen molar-refractivity contribution in [3.8, 4) is 0 Å². The molecule has 4 heteroatoms. The standard InChI is InChI=1S/C14H21N3O/c1-3-15-14(18)12-7-8-13(16-9-12)17-10(2)11-5-4-6-11/h7-11H,3-6H2,1-2H3,(H,15,18)(H,16,17). The van der Waals surface area contributed by atoms with E-state index in [2.05, 4.69) is 22.5 Å². The number of hydrogen-bond acceptors (Lipinski definition) is 3. The summed E-state index contributed by atoms with van der Waals surface area (Å²) >= 11 is 0. The second-order valence-electron chi connectivity index (χ2n) is 4.92. The van der Waals surface area contributed by atoms with E-state index in [-0.39, 0.29) is 5.91 Å². The van der Waals surface area contributed by atoms with Gasteiger partial charge in [-0.3, -0.25) is 4.79 Å². The van der Waals surface area contributed by atoms with Gasteiger partial charge < -0.3 is 10.6 Å². The molecule has 1 aliphatic rings. The van der Waals surface area contributed by atoms with Crippen molar-refractivity contribution in [2.24, 2.45) is 5.92 Å². The smallest absolute Gasteiger partial charge is 0.252 e. The van der Waals surface area contributed by atoms with Crippen LogP contribution in [0, 0.1) is 5.92 Å². The van der Waals surface area contributed by atoms with Crippen LogP contribution in [0.2, 0.25) is 0 Å². The molecule has 1 amide bonds. The molecule has 0 aromatic carbocycles. The Kier molecular flexibility index (Phi) is 4.18. The van der Waals surface area contributed by atoms with Crippen LogP contribution in [-0.4, -0.2) is 23.5 Å². The highest BCUT2D eigenvalue weighted by Gasteiger charge is 2.23. The predicted octanol–water partition coefficient (Wildman–Crippen LogP) is 2.43. The van der Waals surface area contributed by atoms with Crippen LogP contribution >= 0.6 is 0 Å². The zero-order valence-electron chi connectivity index (χ0n) is 11.1. The van der Waals surface area contributed by atoms with Crippen LogP contribution < -0.4 is 10.6 Å². The lowest BCUT2D eigenvalue weighted by molar-refractivity contribution is 0.0955. The van der Waals surface area contributed by atoms with E-state index in [1.807, 2.05) is 19.1 Å². The zero-order valence-corrected chi connectivity index (χ0v) is 11.1. The Morgan fingerprint density at radius 3 is 2.78 bits per heavy atom. The van der Waals surface area contributed by atoms with Gasteiger partial charge in [0, 0.05) is 18.8 Å². The Balaban J connectivity index is 1.92. The third kappa shape index (κ3) is 3.00. The molecule has 1 saturated carbocycles. The monoisotopic (exact) mass is 247 g/mol. The van der Waals surface area contributed by atoms with Crippen molar-refractivity contribution in [2.45, 2.75) is 39.2 Å². The molecule has 1 atom stereocenters. The van der Waals surface area contributed by atoms with Crippen molar-refractivity contribution in [1.29, 1.82) is 0 Å². The minimum Gasteiger partial charge on any atom is -0.367 e. The Hall–Kier alpha value is -1.58. The molecule has 4 nitrogen and oxygen atoms in total. The summed E-state index contributed by atoms with van der Waals surface area (Å²) in [6, 6.07) is 4.15. The topological polar surface area (TPSA) is 54.0 Å². The third-order valence-electron chi connectivity index (χ3n) is 3.60. The summed E-state index contributed by atoms with van der Waals surface area (Å²) in [4.78, 5) is 15.9. The van der Waals surface area contributed by atoms with Gasteiger partial charge >= 0.3 is 0 Å². The first-order valence-electron chi connectivity index (χ1n) is 6.71. The molecule has 0 aliphatic heterocycles. The van der Waals surface area contributed by atoms with Gasteiger partial charge in [0.2, 0.25) is 0 Å². The first-order valence-corrected chi connectivity index (χ1v) is 6.71. The fourth-order valence-corrected chi connectivity index (χ4v) is 2.17. The van der Waals surface area contributed by atoms with E-state index in [4.69, 9.17) is 0 Å². The van der Waals surface area contributed by atoms with E-state index in [1.165, 1.54) is 19.3 Å². The van der Waals surface area contributed by atoms with E-state index in [1.54, 1.807) is 6.20 Å². The van der Waals surface area contributed by atoms with Crippen molar-refractivity contribution < 1.29 is 4.79 Å². The predicted molar refractivity (Wildman–Crippen MR) is 72.7 cm³/mol. The molecule has 98 valence electrons. The van der Waals surface area contributed by atoms with Crippen LogP contribution in [0.25, 0.3) is 0 Å². The molecule has 1 heterocycles. The lowest BCUT2D eigenvalue weighted by Gasteiger charge is -2.32. The second-order valence-corrected chi connectivity index (χ2v) is 4.92. The fourth-order valence-electron chi connectivity index (χ4n) is 2.17. The number of nitrogens with one attached hydrogen (secondary N) is 2. The largest absolute Gasteiger partial charge is 0.367 e. The van der Waals surface area contributed by atoms with Gasteiger partial charge in [0.15, 0.2) is 0 Å². The molecule has 2 N–H and O–H groups in total. The summed E-state index contributed by atoms with van der Waals surface area (Å²) in [6.45, 7) is 4.74. The SMILES string of the molecule is CCNC(=O)c1ccc(NC(C)C2CCC2)nc1.